The lowest BCUT2D eigenvalue weighted by atomic mass is 9.89. The predicted octanol–water partition coefficient (Wildman–Crippen LogP) is 4.34. The fourth-order valence-corrected chi connectivity index (χ4v) is 7.15. The minimum Gasteiger partial charge on any atom is -0.768 e. The topological polar surface area (TPSA) is 218 Å². The van der Waals surface area contributed by atoms with Crippen molar-refractivity contribution in [2.45, 2.75) is 68.9 Å². The number of ether oxygens (including phenoxy) is 1. The van der Waals surface area contributed by atoms with Crippen LogP contribution in [-0.4, -0.2) is 133 Å². The molecule has 1 aliphatic heterocycles. The standard InChI is InChI=1S/C24H39N5O3.C17H17N7O3S/c1-25-14-5-15-28-16-12-20(13-17-28)19-6-8-21(9-7-19)29(24(32)27(3)4)22(18-30)10-11-23(31)26-2;1-10(2)27-15-14(11-7-19-20-8-11)18-9-24-16(15)22-17(23-24)21-12-3-5-13(6-4-12)28(25)26/h6-9,18,20,22,25H,5,10-17H2,1-4H3,(H,26,31);3-10H,1-2H3,(H,19,20)(H,21,23)(H,25,26)/p-1. The number of urea groups is 1. The Labute approximate surface area is 352 Å². The van der Waals surface area contributed by atoms with Crippen molar-refractivity contribution in [3.8, 4) is 17.0 Å². The largest absolute Gasteiger partial charge is 0.768 e. The average molecular weight is 844 g/mol. The first kappa shape index (κ1) is 45.3. The fourth-order valence-electron chi connectivity index (χ4n) is 6.79. The van der Waals surface area contributed by atoms with Gasteiger partial charge in [-0.1, -0.05) is 12.1 Å². The number of carbonyl (C=O) groups excluding carboxylic acids is 3. The summed E-state index contributed by atoms with van der Waals surface area (Å²) in [5.41, 5.74) is 4.48. The first-order valence-corrected chi connectivity index (χ1v) is 21.0. The van der Waals surface area contributed by atoms with Crippen molar-refractivity contribution in [2.75, 3.05) is 64.6 Å². The number of nitrogens with one attached hydrogen (secondary N) is 4. The number of carbonyl (C=O) groups is 3. The third kappa shape index (κ3) is 12.2. The molecule has 18 nitrogen and oxygen atoms in total. The average Bonchev–Trinajstić information content (AvgIpc) is 3.94. The summed E-state index contributed by atoms with van der Waals surface area (Å²) >= 11 is -2.27. The second-order valence-electron chi connectivity index (χ2n) is 14.8. The quantitative estimate of drug-likeness (QED) is 0.0583. The number of nitrogens with zero attached hydrogens (tertiary/aromatic N) is 8. The SMILES string of the molecule is CC(C)Oc1c(-c2cn[nH]c2)ncn2nc(Nc3ccc(S(=O)[O-])cc3)nc12.CNCCCN1CCC(c2ccc(N(C(=O)N(C)C)C(C=O)CCC(=O)NC)cc2)CC1. The molecule has 6 rings (SSSR count). The Hall–Kier alpha value is -5.76. The number of aromatic nitrogens is 6. The maximum atomic E-state index is 12.9. The Kier molecular flexibility index (Phi) is 16.6. The highest BCUT2D eigenvalue weighted by Gasteiger charge is 2.28. The number of benzene rings is 2. The highest BCUT2D eigenvalue weighted by molar-refractivity contribution is 7.79. The Morgan fingerprint density at radius 1 is 1.08 bits per heavy atom. The lowest BCUT2D eigenvalue weighted by Gasteiger charge is -2.33. The number of hydrogen-bond donors (Lipinski definition) is 4. The van der Waals surface area contributed by atoms with Gasteiger partial charge in [0.2, 0.25) is 17.5 Å². The molecule has 2 atom stereocenters. The molecule has 0 aliphatic carbocycles. The van der Waals surface area contributed by atoms with Crippen LogP contribution >= 0.6 is 0 Å². The molecule has 60 heavy (non-hydrogen) atoms. The number of fused-ring (bicyclic) bond motifs is 1. The first-order chi connectivity index (χ1) is 28.9. The van der Waals surface area contributed by atoms with E-state index in [9.17, 15) is 23.1 Å². The predicted molar refractivity (Wildman–Crippen MR) is 229 cm³/mol. The minimum atomic E-state index is -2.27. The summed E-state index contributed by atoms with van der Waals surface area (Å²) in [5.74, 6) is 1.19. The van der Waals surface area contributed by atoms with Gasteiger partial charge in [0, 0.05) is 55.6 Å². The number of amides is 3. The van der Waals surface area contributed by atoms with Crippen LogP contribution in [0.5, 0.6) is 5.75 Å². The van der Waals surface area contributed by atoms with Gasteiger partial charge in [0.1, 0.15) is 18.3 Å². The normalized spacial score (nSPS) is 14.2. The minimum absolute atomic E-state index is 0.0905. The first-order valence-electron chi connectivity index (χ1n) is 19.9. The van der Waals surface area contributed by atoms with Crippen LogP contribution < -0.4 is 25.6 Å². The molecule has 2 unspecified atom stereocenters. The maximum absolute atomic E-state index is 12.9. The molecule has 4 heterocycles. The van der Waals surface area contributed by atoms with Crippen LogP contribution in [-0.2, 0) is 20.7 Å². The highest BCUT2D eigenvalue weighted by atomic mass is 32.2. The number of hydrogen-bond acceptors (Lipinski definition) is 13. The number of piperidine rings is 1. The Morgan fingerprint density at radius 2 is 1.80 bits per heavy atom. The Balaban J connectivity index is 0.000000229. The molecule has 19 heteroatoms. The number of H-pyrrole nitrogens is 1. The summed E-state index contributed by atoms with van der Waals surface area (Å²) in [6, 6.07) is 13.3. The van der Waals surface area contributed by atoms with Gasteiger partial charge in [0.15, 0.2) is 5.75 Å². The van der Waals surface area contributed by atoms with Crippen LogP contribution in [0.15, 0.2) is 72.1 Å². The zero-order chi connectivity index (χ0) is 43.2. The van der Waals surface area contributed by atoms with Gasteiger partial charge in [-0.15, -0.1) is 5.10 Å². The van der Waals surface area contributed by atoms with Crippen LogP contribution in [0, 0.1) is 0 Å². The van der Waals surface area contributed by atoms with E-state index in [1.165, 1.54) is 38.4 Å². The zero-order valence-corrected chi connectivity index (χ0v) is 35.8. The Morgan fingerprint density at radius 3 is 2.38 bits per heavy atom. The lowest BCUT2D eigenvalue weighted by Crippen LogP contribution is -2.47. The molecular formula is C41H55N12O6S-. The van der Waals surface area contributed by atoms with Crippen molar-refractivity contribution in [3.63, 3.8) is 0 Å². The fraction of sp³-hybridized carbons (Fsp3) is 0.439. The molecule has 0 radical (unpaired) electrons. The van der Waals surface area contributed by atoms with E-state index in [0.29, 0.717) is 40.3 Å². The van der Waals surface area contributed by atoms with E-state index >= 15 is 0 Å². The molecule has 2 aromatic carbocycles. The molecule has 1 saturated heterocycles. The highest BCUT2D eigenvalue weighted by Crippen LogP contribution is 2.33. The van der Waals surface area contributed by atoms with Gasteiger partial charge in [-0.25, -0.2) is 9.78 Å². The molecule has 322 valence electrons. The number of aldehydes is 1. The number of rotatable bonds is 17. The van der Waals surface area contributed by atoms with E-state index in [-0.39, 0.29) is 35.8 Å². The zero-order valence-electron chi connectivity index (χ0n) is 35.0. The van der Waals surface area contributed by atoms with Crippen molar-refractivity contribution in [2.24, 2.45) is 0 Å². The van der Waals surface area contributed by atoms with E-state index in [4.69, 9.17) is 4.74 Å². The molecule has 4 N–H and O–H groups in total. The summed E-state index contributed by atoms with van der Waals surface area (Å²) in [7, 11) is 6.87. The van der Waals surface area contributed by atoms with Crippen LogP contribution in [0.2, 0.25) is 0 Å². The van der Waals surface area contributed by atoms with Gasteiger partial charge in [0.25, 0.3) is 0 Å². The third-order valence-electron chi connectivity index (χ3n) is 9.93. The van der Waals surface area contributed by atoms with E-state index in [1.54, 1.807) is 52.0 Å². The summed E-state index contributed by atoms with van der Waals surface area (Å²) in [5, 5.41) is 19.9. The van der Waals surface area contributed by atoms with Crippen molar-refractivity contribution >= 4 is 52.3 Å². The summed E-state index contributed by atoms with van der Waals surface area (Å²) in [6.45, 7) is 8.23. The summed E-state index contributed by atoms with van der Waals surface area (Å²) < 4.78 is 29.4. The number of aromatic amines is 1. The van der Waals surface area contributed by atoms with Crippen molar-refractivity contribution in [1.29, 1.82) is 0 Å². The molecule has 3 amide bonds. The van der Waals surface area contributed by atoms with Gasteiger partial charge in [-0.2, -0.15) is 14.6 Å². The van der Waals surface area contributed by atoms with Gasteiger partial charge in [-0.05, 0) is 132 Å². The molecule has 0 bridgehead atoms. The molecule has 1 aliphatic rings. The second-order valence-corrected chi connectivity index (χ2v) is 15.7. The summed E-state index contributed by atoms with van der Waals surface area (Å²) in [4.78, 5) is 51.0. The van der Waals surface area contributed by atoms with Crippen LogP contribution in [0.4, 0.5) is 22.1 Å². The van der Waals surface area contributed by atoms with Gasteiger partial charge in [-0.3, -0.25) is 19.0 Å². The van der Waals surface area contributed by atoms with Gasteiger partial charge >= 0.3 is 6.03 Å². The maximum Gasteiger partial charge on any atom is 0.324 e. The number of anilines is 3. The van der Waals surface area contributed by atoms with E-state index < -0.39 is 17.1 Å². The van der Waals surface area contributed by atoms with Crippen LogP contribution in [0.3, 0.4) is 0 Å². The molecule has 3 aromatic heterocycles. The molecule has 5 aromatic rings. The van der Waals surface area contributed by atoms with Crippen LogP contribution in [0.25, 0.3) is 16.9 Å². The van der Waals surface area contributed by atoms with Gasteiger partial charge in [0.05, 0.1) is 18.3 Å². The summed E-state index contributed by atoms with van der Waals surface area (Å²) in [6.07, 6.45) is 9.47. The van der Waals surface area contributed by atoms with E-state index in [1.807, 2.05) is 33.0 Å². The molecule has 1 fully saturated rings. The Bertz CT molecular complexity index is 2160. The van der Waals surface area contributed by atoms with E-state index in [0.717, 1.165) is 50.9 Å². The third-order valence-corrected chi connectivity index (χ3v) is 10.6. The van der Waals surface area contributed by atoms with E-state index in [2.05, 4.69) is 58.2 Å². The monoisotopic (exact) mass is 843 g/mol. The lowest BCUT2D eigenvalue weighted by molar-refractivity contribution is -0.120. The molecule has 0 saturated carbocycles. The van der Waals surface area contributed by atoms with Gasteiger partial charge < -0.3 is 39.8 Å². The number of likely N-dealkylation sites (tertiary alicyclic amines) is 1. The second kappa shape index (κ2) is 22.0. The molecule has 0 spiro atoms. The molecular weight excluding hydrogens is 789 g/mol. The smallest absolute Gasteiger partial charge is 0.324 e. The van der Waals surface area contributed by atoms with Crippen LogP contribution in [0.1, 0.15) is 57.4 Å². The van der Waals surface area contributed by atoms with Crippen molar-refractivity contribution in [1.82, 2.24) is 50.2 Å². The van der Waals surface area contributed by atoms with Crippen molar-refractivity contribution < 1.29 is 27.9 Å². The van der Waals surface area contributed by atoms with Crippen molar-refractivity contribution in [3.05, 3.63) is 72.8 Å².